The van der Waals surface area contributed by atoms with Crippen LogP contribution in [0.5, 0.6) is 0 Å². The number of benzene rings is 1. The van der Waals surface area contributed by atoms with Gasteiger partial charge >= 0.3 is 5.69 Å². The summed E-state index contributed by atoms with van der Waals surface area (Å²) >= 11 is 0. The minimum absolute atomic E-state index is 0.0430. The monoisotopic (exact) mass is 277 g/mol. The van der Waals surface area contributed by atoms with Crippen molar-refractivity contribution < 1.29 is 10.0 Å². The molecule has 0 aliphatic carbocycles. The average Bonchev–Trinajstić information content (AvgIpc) is 2.46. The maximum atomic E-state index is 11.3. The first-order chi connectivity index (χ1) is 9.60. The molecule has 0 saturated heterocycles. The minimum Gasteiger partial charge on any atom is -0.395 e. The van der Waals surface area contributed by atoms with Crippen LogP contribution in [0.1, 0.15) is 32.3 Å². The molecule has 0 unspecified atom stereocenters. The smallest absolute Gasteiger partial charge is 0.310 e. The van der Waals surface area contributed by atoms with Crippen LogP contribution in [0.3, 0.4) is 0 Å². The first kappa shape index (κ1) is 15.9. The number of rotatable bonds is 7. The summed E-state index contributed by atoms with van der Waals surface area (Å²) in [5, 5.41) is 29.5. The van der Waals surface area contributed by atoms with Crippen molar-refractivity contribution in [3.63, 3.8) is 0 Å². The Hall–Kier alpha value is -2.13. The van der Waals surface area contributed by atoms with Gasteiger partial charge in [0, 0.05) is 12.6 Å². The van der Waals surface area contributed by atoms with Crippen molar-refractivity contribution in [3.05, 3.63) is 33.9 Å². The second kappa shape index (κ2) is 7.46. The highest BCUT2D eigenvalue weighted by atomic mass is 16.6. The first-order valence-corrected chi connectivity index (χ1v) is 6.65. The molecule has 0 bridgehead atoms. The summed E-state index contributed by atoms with van der Waals surface area (Å²) in [5.41, 5.74) is 0.258. The van der Waals surface area contributed by atoms with Crippen molar-refractivity contribution in [1.82, 2.24) is 0 Å². The number of nitro groups is 1. The molecular weight excluding hydrogens is 258 g/mol. The van der Waals surface area contributed by atoms with Gasteiger partial charge in [-0.15, -0.1) is 0 Å². The average molecular weight is 277 g/mol. The molecule has 0 spiro atoms. The van der Waals surface area contributed by atoms with Crippen LogP contribution in [0.15, 0.2) is 18.2 Å². The van der Waals surface area contributed by atoms with E-state index >= 15 is 0 Å². The van der Waals surface area contributed by atoms with Crippen molar-refractivity contribution in [1.29, 1.82) is 5.26 Å². The normalized spacial score (nSPS) is 10.3. The van der Waals surface area contributed by atoms with Crippen LogP contribution in [0, 0.1) is 21.4 Å². The maximum absolute atomic E-state index is 11.3. The number of aliphatic hydroxyl groups is 1. The summed E-state index contributed by atoms with van der Waals surface area (Å²) in [4.78, 5) is 12.6. The number of nitro benzene ring substituents is 1. The lowest BCUT2D eigenvalue weighted by molar-refractivity contribution is -0.384. The zero-order valence-corrected chi connectivity index (χ0v) is 11.7. The summed E-state index contributed by atoms with van der Waals surface area (Å²) in [6, 6.07) is 6.65. The highest BCUT2D eigenvalue weighted by Gasteiger charge is 2.26. The van der Waals surface area contributed by atoms with E-state index in [2.05, 4.69) is 0 Å². The van der Waals surface area contributed by atoms with Gasteiger partial charge in [-0.2, -0.15) is 5.26 Å². The predicted molar refractivity (Wildman–Crippen MR) is 76.6 cm³/mol. The van der Waals surface area contributed by atoms with Crippen LogP contribution in [-0.4, -0.2) is 29.2 Å². The van der Waals surface area contributed by atoms with Crippen LogP contribution in [0.4, 0.5) is 11.4 Å². The van der Waals surface area contributed by atoms with Crippen LogP contribution in [-0.2, 0) is 0 Å². The lowest BCUT2D eigenvalue weighted by Crippen LogP contribution is -2.37. The fraction of sp³-hybridized carbons (Fsp3) is 0.500. The van der Waals surface area contributed by atoms with Gasteiger partial charge in [0.25, 0.3) is 0 Å². The van der Waals surface area contributed by atoms with Crippen molar-refractivity contribution in [2.45, 2.75) is 32.7 Å². The Balaban J connectivity index is 3.40. The Bertz CT molecular complexity index is 507. The lowest BCUT2D eigenvalue weighted by atomic mass is 10.1. The Morgan fingerprint density at radius 1 is 1.45 bits per heavy atom. The lowest BCUT2D eigenvalue weighted by Gasteiger charge is -2.31. The largest absolute Gasteiger partial charge is 0.395 e. The van der Waals surface area contributed by atoms with Crippen LogP contribution >= 0.6 is 0 Å². The maximum Gasteiger partial charge on any atom is 0.310 e. The molecule has 0 aliphatic rings. The van der Waals surface area contributed by atoms with Crippen molar-refractivity contribution >= 4 is 11.4 Å². The molecule has 0 aromatic heterocycles. The van der Waals surface area contributed by atoms with Gasteiger partial charge in [0.1, 0.15) is 17.3 Å². The van der Waals surface area contributed by atoms with E-state index in [9.17, 15) is 15.2 Å². The van der Waals surface area contributed by atoms with Crippen molar-refractivity contribution in [2.75, 3.05) is 18.1 Å². The number of nitriles is 1. The third-order valence-corrected chi connectivity index (χ3v) is 3.35. The highest BCUT2D eigenvalue weighted by molar-refractivity contribution is 5.70. The molecular formula is C14H19N3O3. The molecule has 1 aromatic rings. The molecule has 0 fully saturated rings. The fourth-order valence-electron chi connectivity index (χ4n) is 2.38. The highest BCUT2D eigenvalue weighted by Crippen LogP contribution is 2.33. The number of para-hydroxylation sites is 1. The van der Waals surface area contributed by atoms with Gasteiger partial charge in [-0.25, -0.2) is 0 Å². The standard InChI is InChI=1S/C14H19N3O3/c1-3-12(4-2)16(8-9-18)13-7-5-6-11(10-15)14(13)17(19)20/h5-7,12,18H,3-4,8-9H2,1-2H3. The van der Waals surface area contributed by atoms with Crippen LogP contribution in [0.2, 0.25) is 0 Å². The number of hydrogen-bond acceptors (Lipinski definition) is 5. The van der Waals surface area contributed by atoms with Gasteiger partial charge < -0.3 is 10.0 Å². The van der Waals surface area contributed by atoms with E-state index in [0.717, 1.165) is 12.8 Å². The van der Waals surface area contributed by atoms with E-state index in [0.29, 0.717) is 12.2 Å². The summed E-state index contributed by atoms with van der Waals surface area (Å²) in [7, 11) is 0. The fourth-order valence-corrected chi connectivity index (χ4v) is 2.38. The van der Waals surface area contributed by atoms with E-state index < -0.39 is 4.92 Å². The number of anilines is 1. The third-order valence-electron chi connectivity index (χ3n) is 3.35. The van der Waals surface area contributed by atoms with Crippen LogP contribution < -0.4 is 4.90 Å². The minimum atomic E-state index is -0.527. The Morgan fingerprint density at radius 2 is 2.10 bits per heavy atom. The SMILES string of the molecule is CCC(CC)N(CCO)c1cccc(C#N)c1[N+](=O)[O-]. The number of nitrogens with zero attached hydrogens (tertiary/aromatic N) is 3. The van der Waals surface area contributed by atoms with E-state index in [1.165, 1.54) is 6.07 Å². The molecule has 1 aromatic carbocycles. The van der Waals surface area contributed by atoms with Gasteiger partial charge in [-0.05, 0) is 25.0 Å². The zero-order chi connectivity index (χ0) is 15.1. The van der Waals surface area contributed by atoms with Gasteiger partial charge in [0.05, 0.1) is 11.5 Å². The van der Waals surface area contributed by atoms with Crippen molar-refractivity contribution in [2.24, 2.45) is 0 Å². The molecule has 20 heavy (non-hydrogen) atoms. The molecule has 6 nitrogen and oxygen atoms in total. The molecule has 0 amide bonds. The molecule has 0 atom stereocenters. The van der Waals surface area contributed by atoms with Gasteiger partial charge in [-0.3, -0.25) is 10.1 Å². The van der Waals surface area contributed by atoms with Crippen LogP contribution in [0.25, 0.3) is 0 Å². The van der Waals surface area contributed by atoms with E-state index in [-0.39, 0.29) is 23.9 Å². The summed E-state index contributed by atoms with van der Waals surface area (Å²) in [6.07, 6.45) is 1.62. The molecule has 0 radical (unpaired) electrons. The summed E-state index contributed by atoms with van der Waals surface area (Å²) in [6.45, 7) is 4.21. The second-order valence-electron chi connectivity index (χ2n) is 4.43. The van der Waals surface area contributed by atoms with E-state index in [1.807, 2.05) is 24.8 Å². The number of hydrogen-bond donors (Lipinski definition) is 1. The second-order valence-corrected chi connectivity index (χ2v) is 4.43. The molecule has 6 heteroatoms. The first-order valence-electron chi connectivity index (χ1n) is 6.65. The molecule has 1 N–H and O–H groups in total. The quantitative estimate of drug-likeness (QED) is 0.610. The van der Waals surface area contributed by atoms with E-state index in [1.54, 1.807) is 12.1 Å². The molecule has 0 heterocycles. The Kier molecular flexibility index (Phi) is 5.94. The molecule has 0 aliphatic heterocycles. The van der Waals surface area contributed by atoms with Gasteiger partial charge in [0.2, 0.25) is 0 Å². The third kappa shape index (κ3) is 3.25. The topological polar surface area (TPSA) is 90.4 Å². The molecule has 108 valence electrons. The number of aliphatic hydroxyl groups excluding tert-OH is 1. The van der Waals surface area contributed by atoms with E-state index in [4.69, 9.17) is 5.26 Å². The zero-order valence-electron chi connectivity index (χ0n) is 11.7. The van der Waals surface area contributed by atoms with Gasteiger partial charge in [0.15, 0.2) is 0 Å². The molecule has 1 rings (SSSR count). The predicted octanol–water partition coefficient (Wildman–Crippen LogP) is 2.45. The van der Waals surface area contributed by atoms with Crippen molar-refractivity contribution in [3.8, 4) is 6.07 Å². The Labute approximate surface area is 118 Å². The summed E-state index contributed by atoms with van der Waals surface area (Å²) in [5.74, 6) is 0. The molecule has 0 saturated carbocycles. The Morgan fingerprint density at radius 3 is 2.55 bits per heavy atom. The summed E-state index contributed by atoms with van der Waals surface area (Å²) < 4.78 is 0. The van der Waals surface area contributed by atoms with Gasteiger partial charge in [-0.1, -0.05) is 19.9 Å².